The molecule has 0 radical (unpaired) electrons. The highest BCUT2D eigenvalue weighted by atomic mass is 35.5. The predicted octanol–water partition coefficient (Wildman–Crippen LogP) is 3.57. The normalized spacial score (nSPS) is 17.7. The number of anilines is 2. The van der Waals surface area contributed by atoms with Crippen molar-refractivity contribution in [3.63, 3.8) is 0 Å². The first-order valence-electron chi connectivity index (χ1n) is 9.97. The van der Waals surface area contributed by atoms with Gasteiger partial charge in [-0.05, 0) is 43.7 Å². The van der Waals surface area contributed by atoms with Gasteiger partial charge in [0.1, 0.15) is 13.2 Å². The monoisotopic (exact) mass is 415 g/mol. The van der Waals surface area contributed by atoms with Crippen LogP contribution in [-0.4, -0.2) is 56.2 Å². The molecule has 1 fully saturated rings. The first-order valence-corrected chi connectivity index (χ1v) is 10.3. The fourth-order valence-corrected chi connectivity index (χ4v) is 3.97. The number of halogens is 1. The Morgan fingerprint density at radius 2 is 1.76 bits per heavy atom. The molecular formula is C22H26ClN3O3. The molecule has 0 spiro atoms. The SMILES string of the molecule is Cc1ccc(Cl)cc1N1CCN([C@@H](C)C(=O)Nc2ccc3c(c2)OCCO3)CC1. The third-order valence-electron chi connectivity index (χ3n) is 5.56. The van der Waals surface area contributed by atoms with Gasteiger partial charge >= 0.3 is 0 Å². The molecule has 0 aliphatic carbocycles. The Kier molecular flexibility index (Phi) is 5.83. The summed E-state index contributed by atoms with van der Waals surface area (Å²) in [6.07, 6.45) is 0. The van der Waals surface area contributed by atoms with Crippen molar-refractivity contribution in [2.24, 2.45) is 0 Å². The number of aryl methyl sites for hydroxylation is 1. The van der Waals surface area contributed by atoms with Crippen molar-refractivity contribution in [1.82, 2.24) is 4.90 Å². The zero-order chi connectivity index (χ0) is 20.4. The number of carbonyl (C=O) groups excluding carboxylic acids is 1. The van der Waals surface area contributed by atoms with Gasteiger partial charge in [0.05, 0.1) is 6.04 Å². The molecule has 0 saturated carbocycles. The molecule has 1 atom stereocenters. The minimum Gasteiger partial charge on any atom is -0.486 e. The lowest BCUT2D eigenvalue weighted by atomic mass is 10.1. The van der Waals surface area contributed by atoms with Crippen molar-refractivity contribution < 1.29 is 14.3 Å². The number of ether oxygens (including phenoxy) is 2. The summed E-state index contributed by atoms with van der Waals surface area (Å²) in [6.45, 7) is 8.50. The first kappa shape index (κ1) is 19.9. The fourth-order valence-electron chi connectivity index (χ4n) is 3.81. The van der Waals surface area contributed by atoms with Crippen molar-refractivity contribution in [3.05, 3.63) is 47.0 Å². The molecule has 1 amide bonds. The lowest BCUT2D eigenvalue weighted by Gasteiger charge is -2.39. The minimum absolute atomic E-state index is 0.0194. The second-order valence-electron chi connectivity index (χ2n) is 7.48. The Labute approximate surface area is 176 Å². The zero-order valence-corrected chi connectivity index (χ0v) is 17.5. The van der Waals surface area contributed by atoms with Crippen molar-refractivity contribution in [2.45, 2.75) is 19.9 Å². The average molecular weight is 416 g/mol. The standard InChI is InChI=1S/C22H26ClN3O3/c1-15-3-4-17(23)13-19(15)26-9-7-25(8-10-26)16(2)22(27)24-18-5-6-20-21(14-18)29-12-11-28-20/h3-6,13-14,16H,7-12H2,1-2H3,(H,24,27)/t16-/m0/s1. The van der Waals surface area contributed by atoms with Crippen LogP contribution < -0.4 is 19.7 Å². The number of benzene rings is 2. The summed E-state index contributed by atoms with van der Waals surface area (Å²) in [4.78, 5) is 17.3. The highest BCUT2D eigenvalue weighted by molar-refractivity contribution is 6.30. The van der Waals surface area contributed by atoms with Crippen molar-refractivity contribution in [3.8, 4) is 11.5 Å². The number of hydrogen-bond donors (Lipinski definition) is 1. The number of nitrogens with one attached hydrogen (secondary N) is 1. The summed E-state index contributed by atoms with van der Waals surface area (Å²) in [5.41, 5.74) is 3.11. The smallest absolute Gasteiger partial charge is 0.241 e. The van der Waals surface area contributed by atoms with Gasteiger partial charge in [-0.3, -0.25) is 9.69 Å². The van der Waals surface area contributed by atoms with E-state index in [4.69, 9.17) is 21.1 Å². The van der Waals surface area contributed by atoms with E-state index in [9.17, 15) is 4.79 Å². The van der Waals surface area contributed by atoms with Gasteiger partial charge in [0, 0.05) is 48.6 Å². The maximum atomic E-state index is 12.8. The quantitative estimate of drug-likeness (QED) is 0.827. The maximum absolute atomic E-state index is 12.8. The Hall–Kier alpha value is -2.44. The molecule has 2 aromatic carbocycles. The van der Waals surface area contributed by atoms with Crippen LogP contribution in [-0.2, 0) is 4.79 Å². The molecule has 2 heterocycles. The molecule has 4 rings (SSSR count). The molecule has 2 aliphatic heterocycles. The number of carbonyl (C=O) groups is 1. The van der Waals surface area contributed by atoms with E-state index in [1.807, 2.05) is 43.3 Å². The van der Waals surface area contributed by atoms with E-state index in [0.717, 1.165) is 42.6 Å². The van der Waals surface area contributed by atoms with Gasteiger partial charge < -0.3 is 19.7 Å². The molecule has 2 aromatic rings. The van der Waals surface area contributed by atoms with Crippen LogP contribution in [0.25, 0.3) is 0 Å². The summed E-state index contributed by atoms with van der Waals surface area (Å²) < 4.78 is 11.1. The lowest BCUT2D eigenvalue weighted by molar-refractivity contribution is -0.120. The second kappa shape index (κ2) is 8.51. The van der Waals surface area contributed by atoms with E-state index in [0.29, 0.717) is 19.0 Å². The van der Waals surface area contributed by atoms with Gasteiger partial charge in [-0.15, -0.1) is 0 Å². The number of fused-ring (bicyclic) bond motifs is 1. The van der Waals surface area contributed by atoms with Crippen LogP contribution >= 0.6 is 11.6 Å². The van der Waals surface area contributed by atoms with E-state index in [2.05, 4.69) is 22.0 Å². The van der Waals surface area contributed by atoms with Crippen molar-refractivity contribution in [2.75, 3.05) is 49.6 Å². The third-order valence-corrected chi connectivity index (χ3v) is 5.80. The third kappa shape index (κ3) is 4.43. The molecule has 6 nitrogen and oxygen atoms in total. The molecule has 154 valence electrons. The predicted molar refractivity (Wildman–Crippen MR) is 115 cm³/mol. The number of amides is 1. The molecule has 2 aliphatic rings. The molecule has 0 unspecified atom stereocenters. The maximum Gasteiger partial charge on any atom is 0.241 e. The Morgan fingerprint density at radius 3 is 2.52 bits per heavy atom. The molecule has 0 bridgehead atoms. The Morgan fingerprint density at radius 1 is 1.03 bits per heavy atom. The minimum atomic E-state index is -0.217. The molecular weight excluding hydrogens is 390 g/mol. The van der Waals surface area contributed by atoms with Crippen LogP contribution in [0.4, 0.5) is 11.4 Å². The molecule has 1 saturated heterocycles. The summed E-state index contributed by atoms with van der Waals surface area (Å²) >= 11 is 6.17. The molecule has 1 N–H and O–H groups in total. The number of hydrogen-bond acceptors (Lipinski definition) is 5. The highest BCUT2D eigenvalue weighted by Crippen LogP contribution is 2.32. The van der Waals surface area contributed by atoms with E-state index >= 15 is 0 Å². The van der Waals surface area contributed by atoms with Crippen LogP contribution in [0, 0.1) is 6.92 Å². The van der Waals surface area contributed by atoms with Gasteiger partial charge in [0.2, 0.25) is 5.91 Å². The van der Waals surface area contributed by atoms with Crippen molar-refractivity contribution >= 4 is 28.9 Å². The fraction of sp³-hybridized carbons (Fsp3) is 0.409. The second-order valence-corrected chi connectivity index (χ2v) is 7.91. The Bertz CT molecular complexity index is 897. The number of rotatable bonds is 4. The topological polar surface area (TPSA) is 54.0 Å². The Balaban J connectivity index is 1.35. The van der Waals surface area contributed by atoms with Gasteiger partial charge in [-0.1, -0.05) is 17.7 Å². The van der Waals surface area contributed by atoms with Crippen molar-refractivity contribution in [1.29, 1.82) is 0 Å². The summed E-state index contributed by atoms with van der Waals surface area (Å²) in [7, 11) is 0. The van der Waals surface area contributed by atoms with Crippen LogP contribution in [0.15, 0.2) is 36.4 Å². The lowest BCUT2D eigenvalue weighted by Crippen LogP contribution is -2.53. The van der Waals surface area contributed by atoms with E-state index in [1.165, 1.54) is 11.3 Å². The molecule has 0 aromatic heterocycles. The van der Waals surface area contributed by atoms with Gasteiger partial charge in [0.25, 0.3) is 0 Å². The average Bonchev–Trinajstić information content (AvgIpc) is 2.75. The van der Waals surface area contributed by atoms with E-state index in [1.54, 1.807) is 0 Å². The number of nitrogens with zero attached hydrogens (tertiary/aromatic N) is 2. The van der Waals surface area contributed by atoms with Gasteiger partial charge in [-0.25, -0.2) is 0 Å². The molecule has 7 heteroatoms. The highest BCUT2D eigenvalue weighted by Gasteiger charge is 2.26. The van der Waals surface area contributed by atoms with Gasteiger partial charge in [-0.2, -0.15) is 0 Å². The summed E-state index contributed by atoms with van der Waals surface area (Å²) in [6, 6.07) is 11.3. The zero-order valence-electron chi connectivity index (χ0n) is 16.8. The van der Waals surface area contributed by atoms with Crippen LogP contribution in [0.3, 0.4) is 0 Å². The van der Waals surface area contributed by atoms with Crippen LogP contribution in [0.2, 0.25) is 5.02 Å². The summed E-state index contributed by atoms with van der Waals surface area (Å²) in [5.74, 6) is 1.37. The van der Waals surface area contributed by atoms with Gasteiger partial charge in [0.15, 0.2) is 11.5 Å². The van der Waals surface area contributed by atoms with E-state index < -0.39 is 0 Å². The van der Waals surface area contributed by atoms with Crippen LogP contribution in [0.1, 0.15) is 12.5 Å². The first-order chi connectivity index (χ1) is 14.0. The largest absolute Gasteiger partial charge is 0.486 e. The summed E-state index contributed by atoms with van der Waals surface area (Å²) in [5, 5.41) is 3.75. The number of piperazine rings is 1. The van der Waals surface area contributed by atoms with Crippen LogP contribution in [0.5, 0.6) is 11.5 Å². The van der Waals surface area contributed by atoms with E-state index in [-0.39, 0.29) is 11.9 Å². The molecule has 29 heavy (non-hydrogen) atoms.